The number of hydrogen-bond donors (Lipinski definition) is 2. The molecule has 82 valence electrons. The van der Waals surface area contributed by atoms with E-state index in [4.69, 9.17) is 9.84 Å². The molecule has 6 nitrogen and oxygen atoms in total. The predicted octanol–water partition coefficient (Wildman–Crippen LogP) is 0.298. The maximum Gasteiger partial charge on any atom is 0.329 e. The number of aliphatic carboxylic acids is 1. The molecule has 0 saturated heterocycles. The Kier molecular flexibility index (Phi) is 4.49. The van der Waals surface area contributed by atoms with Gasteiger partial charge in [-0.05, 0) is 13.0 Å². The normalized spacial score (nSPS) is 9.93. The highest BCUT2D eigenvalue weighted by molar-refractivity contribution is 5.67. The number of carbonyl (C=O) groups is 1. The van der Waals surface area contributed by atoms with Crippen molar-refractivity contribution >= 4 is 11.8 Å². The molecule has 0 aliphatic carbocycles. The summed E-state index contributed by atoms with van der Waals surface area (Å²) in [5.41, 5.74) is 0. The Hall–Kier alpha value is -1.69. The number of hydrogen-bond acceptors (Lipinski definition) is 5. The van der Waals surface area contributed by atoms with E-state index < -0.39 is 5.97 Å². The first-order chi connectivity index (χ1) is 7.18. The van der Waals surface area contributed by atoms with Crippen molar-refractivity contribution in [2.45, 2.75) is 6.92 Å². The molecule has 0 atom stereocenters. The van der Waals surface area contributed by atoms with E-state index >= 15 is 0 Å². The lowest BCUT2D eigenvalue weighted by molar-refractivity contribution is -0.142. The standard InChI is InChI=1S/C9H13N3O3/c1-7-10-3-2-8(12-7)11-4-5-15-6-9(13)14/h2-3H,4-6H2,1H3,(H,13,14)(H,10,11,12). The highest BCUT2D eigenvalue weighted by Crippen LogP contribution is 1.99. The number of anilines is 1. The summed E-state index contributed by atoms with van der Waals surface area (Å²) in [6.45, 7) is 2.37. The fraction of sp³-hybridized carbons (Fsp3) is 0.444. The maximum absolute atomic E-state index is 10.1. The molecular formula is C9H13N3O3. The van der Waals surface area contributed by atoms with Gasteiger partial charge in [0.15, 0.2) is 0 Å². The zero-order valence-corrected chi connectivity index (χ0v) is 8.43. The fourth-order valence-electron chi connectivity index (χ4n) is 0.965. The molecule has 15 heavy (non-hydrogen) atoms. The average Bonchev–Trinajstić information content (AvgIpc) is 2.17. The molecule has 0 aliphatic rings. The minimum atomic E-state index is -0.965. The van der Waals surface area contributed by atoms with Gasteiger partial charge in [-0.3, -0.25) is 0 Å². The molecular weight excluding hydrogens is 198 g/mol. The van der Waals surface area contributed by atoms with E-state index in [2.05, 4.69) is 15.3 Å². The van der Waals surface area contributed by atoms with Crippen LogP contribution < -0.4 is 5.32 Å². The monoisotopic (exact) mass is 211 g/mol. The predicted molar refractivity (Wildman–Crippen MR) is 53.7 cm³/mol. The number of aromatic nitrogens is 2. The summed E-state index contributed by atoms with van der Waals surface area (Å²) in [6.07, 6.45) is 1.66. The Morgan fingerprint density at radius 1 is 1.67 bits per heavy atom. The number of aryl methyl sites for hydroxylation is 1. The van der Waals surface area contributed by atoms with Gasteiger partial charge in [-0.2, -0.15) is 0 Å². The van der Waals surface area contributed by atoms with Crippen molar-refractivity contribution in [2.75, 3.05) is 25.1 Å². The first kappa shape index (κ1) is 11.4. The van der Waals surface area contributed by atoms with Gasteiger partial charge < -0.3 is 15.2 Å². The third kappa shape index (κ3) is 4.92. The molecule has 1 aromatic rings. The first-order valence-corrected chi connectivity index (χ1v) is 4.51. The van der Waals surface area contributed by atoms with Crippen LogP contribution in [0.25, 0.3) is 0 Å². The van der Waals surface area contributed by atoms with Crippen molar-refractivity contribution in [1.29, 1.82) is 0 Å². The van der Waals surface area contributed by atoms with Gasteiger partial charge in [0, 0.05) is 12.7 Å². The number of carboxylic acid groups (broad SMARTS) is 1. The van der Waals surface area contributed by atoms with Crippen LogP contribution in [0, 0.1) is 6.92 Å². The smallest absolute Gasteiger partial charge is 0.329 e. The average molecular weight is 211 g/mol. The van der Waals surface area contributed by atoms with Crippen LogP contribution in [-0.4, -0.2) is 40.8 Å². The summed E-state index contributed by atoms with van der Waals surface area (Å²) in [5, 5.41) is 11.3. The molecule has 0 fully saturated rings. The highest BCUT2D eigenvalue weighted by atomic mass is 16.5. The number of carboxylic acids is 1. The van der Waals surface area contributed by atoms with Crippen molar-refractivity contribution in [3.8, 4) is 0 Å². The summed E-state index contributed by atoms with van der Waals surface area (Å²) < 4.78 is 4.84. The highest BCUT2D eigenvalue weighted by Gasteiger charge is 1.97. The largest absolute Gasteiger partial charge is 0.480 e. The van der Waals surface area contributed by atoms with E-state index in [1.165, 1.54) is 0 Å². The van der Waals surface area contributed by atoms with E-state index in [9.17, 15) is 4.79 Å². The molecule has 0 aliphatic heterocycles. The van der Waals surface area contributed by atoms with Crippen molar-refractivity contribution in [3.63, 3.8) is 0 Å². The van der Waals surface area contributed by atoms with Gasteiger partial charge in [-0.25, -0.2) is 14.8 Å². The minimum Gasteiger partial charge on any atom is -0.480 e. The van der Waals surface area contributed by atoms with Gasteiger partial charge in [-0.1, -0.05) is 0 Å². The number of nitrogens with one attached hydrogen (secondary N) is 1. The minimum absolute atomic E-state index is 0.273. The van der Waals surface area contributed by atoms with Crippen LogP contribution >= 0.6 is 0 Å². The molecule has 0 amide bonds. The summed E-state index contributed by atoms with van der Waals surface area (Å²) in [6, 6.07) is 1.74. The summed E-state index contributed by atoms with van der Waals surface area (Å²) in [5.74, 6) is 0.431. The SMILES string of the molecule is Cc1nccc(NCCOCC(=O)O)n1. The van der Waals surface area contributed by atoms with Crippen LogP contribution in [0.3, 0.4) is 0 Å². The summed E-state index contributed by atoms with van der Waals surface area (Å²) in [4.78, 5) is 18.2. The Bertz CT molecular complexity index is 330. The third-order valence-electron chi connectivity index (χ3n) is 1.55. The van der Waals surface area contributed by atoms with E-state index in [1.54, 1.807) is 19.2 Å². The molecule has 1 heterocycles. The summed E-state index contributed by atoms with van der Waals surface area (Å²) in [7, 11) is 0. The zero-order valence-electron chi connectivity index (χ0n) is 8.43. The second-order valence-corrected chi connectivity index (χ2v) is 2.86. The maximum atomic E-state index is 10.1. The second kappa shape index (κ2) is 5.92. The topological polar surface area (TPSA) is 84.3 Å². The number of nitrogens with zero attached hydrogens (tertiary/aromatic N) is 2. The fourth-order valence-corrected chi connectivity index (χ4v) is 0.965. The molecule has 0 unspecified atom stereocenters. The van der Waals surface area contributed by atoms with E-state index in [0.29, 0.717) is 24.8 Å². The van der Waals surface area contributed by atoms with E-state index in [-0.39, 0.29) is 6.61 Å². The molecule has 6 heteroatoms. The van der Waals surface area contributed by atoms with Crippen LogP contribution in [0.15, 0.2) is 12.3 Å². The number of rotatable bonds is 6. The third-order valence-corrected chi connectivity index (χ3v) is 1.55. The van der Waals surface area contributed by atoms with Gasteiger partial charge in [0.1, 0.15) is 18.2 Å². The molecule has 0 bridgehead atoms. The summed E-state index contributed by atoms with van der Waals surface area (Å²) >= 11 is 0. The van der Waals surface area contributed by atoms with Crippen LogP contribution in [-0.2, 0) is 9.53 Å². The van der Waals surface area contributed by atoms with Gasteiger partial charge in [0.25, 0.3) is 0 Å². The van der Waals surface area contributed by atoms with Gasteiger partial charge in [0.2, 0.25) is 0 Å². The van der Waals surface area contributed by atoms with Gasteiger partial charge in [-0.15, -0.1) is 0 Å². The molecule has 0 radical (unpaired) electrons. The quantitative estimate of drug-likeness (QED) is 0.658. The Morgan fingerprint density at radius 2 is 2.47 bits per heavy atom. The van der Waals surface area contributed by atoms with Crippen molar-refractivity contribution in [3.05, 3.63) is 18.1 Å². The first-order valence-electron chi connectivity index (χ1n) is 4.51. The van der Waals surface area contributed by atoms with E-state index in [1.807, 2.05) is 0 Å². The Morgan fingerprint density at radius 3 is 3.13 bits per heavy atom. The van der Waals surface area contributed by atoms with Crippen LogP contribution in [0.4, 0.5) is 5.82 Å². The van der Waals surface area contributed by atoms with E-state index in [0.717, 1.165) is 0 Å². The molecule has 0 spiro atoms. The van der Waals surface area contributed by atoms with Crippen molar-refractivity contribution in [2.24, 2.45) is 0 Å². The van der Waals surface area contributed by atoms with Crippen molar-refractivity contribution in [1.82, 2.24) is 9.97 Å². The van der Waals surface area contributed by atoms with Crippen LogP contribution in [0.1, 0.15) is 5.82 Å². The van der Waals surface area contributed by atoms with Crippen LogP contribution in [0.5, 0.6) is 0 Å². The molecule has 2 N–H and O–H groups in total. The Balaban J connectivity index is 2.17. The Labute approximate surface area is 87.3 Å². The lowest BCUT2D eigenvalue weighted by Gasteiger charge is -2.05. The molecule has 0 aromatic carbocycles. The lowest BCUT2D eigenvalue weighted by Crippen LogP contribution is -2.14. The molecule has 1 rings (SSSR count). The van der Waals surface area contributed by atoms with Crippen molar-refractivity contribution < 1.29 is 14.6 Å². The molecule has 1 aromatic heterocycles. The number of ether oxygens (including phenoxy) is 1. The lowest BCUT2D eigenvalue weighted by atomic mass is 10.5. The van der Waals surface area contributed by atoms with Crippen LogP contribution in [0.2, 0.25) is 0 Å². The second-order valence-electron chi connectivity index (χ2n) is 2.86. The van der Waals surface area contributed by atoms with Gasteiger partial charge in [0.05, 0.1) is 6.61 Å². The molecule has 0 saturated carbocycles. The zero-order chi connectivity index (χ0) is 11.1. The van der Waals surface area contributed by atoms with Gasteiger partial charge >= 0.3 is 5.97 Å².